The van der Waals surface area contributed by atoms with Gasteiger partial charge in [0.1, 0.15) is 5.75 Å². The first kappa shape index (κ1) is 16.8. The van der Waals surface area contributed by atoms with E-state index in [1.54, 1.807) is 42.5 Å². The van der Waals surface area contributed by atoms with E-state index in [2.05, 4.69) is 5.32 Å². The highest BCUT2D eigenvalue weighted by molar-refractivity contribution is 6.30. The van der Waals surface area contributed by atoms with E-state index in [1.165, 1.54) is 20.1 Å². The Morgan fingerprint density at radius 2 is 1.87 bits per heavy atom. The molecule has 0 saturated heterocycles. The summed E-state index contributed by atoms with van der Waals surface area (Å²) in [5, 5.41) is 3.08. The predicted molar refractivity (Wildman–Crippen MR) is 88.0 cm³/mol. The van der Waals surface area contributed by atoms with E-state index in [1.807, 2.05) is 0 Å². The minimum Gasteiger partial charge on any atom is -0.495 e. The third-order valence-electron chi connectivity index (χ3n) is 3.08. The molecule has 0 fully saturated rings. The normalized spacial score (nSPS) is 11.4. The van der Waals surface area contributed by atoms with Gasteiger partial charge in [-0.05, 0) is 37.3 Å². The molecule has 23 heavy (non-hydrogen) atoms. The second-order valence-electron chi connectivity index (χ2n) is 4.75. The number of rotatable bonds is 5. The highest BCUT2D eigenvalue weighted by atomic mass is 35.5. The van der Waals surface area contributed by atoms with E-state index in [4.69, 9.17) is 21.1 Å². The summed E-state index contributed by atoms with van der Waals surface area (Å²) in [6, 6.07) is 13.3. The number of anilines is 1. The van der Waals surface area contributed by atoms with E-state index in [-0.39, 0.29) is 5.56 Å². The summed E-state index contributed by atoms with van der Waals surface area (Å²) >= 11 is 5.83. The molecule has 0 radical (unpaired) electrons. The highest BCUT2D eigenvalue weighted by Crippen LogP contribution is 2.23. The van der Waals surface area contributed by atoms with E-state index in [0.29, 0.717) is 16.5 Å². The molecule has 0 aliphatic rings. The monoisotopic (exact) mass is 333 g/mol. The SMILES string of the molecule is COc1ccccc1NC(=O)[C@H](C)OC(=O)c1cccc(Cl)c1. The Morgan fingerprint density at radius 1 is 1.13 bits per heavy atom. The first-order valence-electron chi connectivity index (χ1n) is 6.91. The Hall–Kier alpha value is -2.53. The largest absolute Gasteiger partial charge is 0.495 e. The zero-order chi connectivity index (χ0) is 16.8. The fourth-order valence-electron chi connectivity index (χ4n) is 1.88. The predicted octanol–water partition coefficient (Wildman–Crippen LogP) is 3.53. The number of halogens is 1. The van der Waals surface area contributed by atoms with E-state index in [9.17, 15) is 9.59 Å². The van der Waals surface area contributed by atoms with Gasteiger partial charge in [0.05, 0.1) is 18.4 Å². The third kappa shape index (κ3) is 4.47. The van der Waals surface area contributed by atoms with Gasteiger partial charge in [0.15, 0.2) is 6.10 Å². The lowest BCUT2D eigenvalue weighted by Crippen LogP contribution is -2.30. The van der Waals surface area contributed by atoms with Crippen LogP contribution in [-0.2, 0) is 9.53 Å². The summed E-state index contributed by atoms with van der Waals surface area (Å²) < 4.78 is 10.3. The molecule has 120 valence electrons. The first-order valence-corrected chi connectivity index (χ1v) is 7.29. The summed E-state index contributed by atoms with van der Waals surface area (Å²) in [5.74, 6) is -0.547. The van der Waals surface area contributed by atoms with Crippen LogP contribution in [0.25, 0.3) is 0 Å². The number of methoxy groups -OCH3 is 1. The van der Waals surface area contributed by atoms with Crippen LogP contribution in [0.5, 0.6) is 5.75 Å². The van der Waals surface area contributed by atoms with Crippen molar-refractivity contribution in [1.82, 2.24) is 0 Å². The quantitative estimate of drug-likeness (QED) is 0.850. The number of carbonyl (C=O) groups is 2. The highest BCUT2D eigenvalue weighted by Gasteiger charge is 2.20. The molecule has 0 heterocycles. The van der Waals surface area contributed by atoms with Crippen LogP contribution in [0.3, 0.4) is 0 Å². The zero-order valence-corrected chi connectivity index (χ0v) is 13.5. The number of amides is 1. The van der Waals surface area contributed by atoms with Crippen molar-refractivity contribution < 1.29 is 19.1 Å². The van der Waals surface area contributed by atoms with Crippen molar-refractivity contribution >= 4 is 29.2 Å². The van der Waals surface area contributed by atoms with Gasteiger partial charge < -0.3 is 14.8 Å². The van der Waals surface area contributed by atoms with Gasteiger partial charge in [-0.25, -0.2) is 4.79 Å². The molecular weight excluding hydrogens is 318 g/mol. The van der Waals surface area contributed by atoms with Gasteiger partial charge in [0, 0.05) is 5.02 Å². The standard InChI is InChI=1S/C17H16ClNO4/c1-11(23-17(21)12-6-5-7-13(18)10-12)16(20)19-14-8-3-4-9-15(14)22-2/h3-11H,1-2H3,(H,19,20)/t11-/m0/s1. The van der Waals surface area contributed by atoms with Crippen molar-refractivity contribution in [1.29, 1.82) is 0 Å². The van der Waals surface area contributed by atoms with Gasteiger partial charge in [-0.2, -0.15) is 0 Å². The molecule has 0 saturated carbocycles. The zero-order valence-electron chi connectivity index (χ0n) is 12.7. The number of ether oxygens (including phenoxy) is 2. The molecule has 5 nitrogen and oxygen atoms in total. The fourth-order valence-corrected chi connectivity index (χ4v) is 2.07. The molecule has 2 rings (SSSR count). The van der Waals surface area contributed by atoms with Crippen LogP contribution >= 0.6 is 11.6 Å². The lowest BCUT2D eigenvalue weighted by molar-refractivity contribution is -0.123. The molecule has 0 aliphatic heterocycles. The van der Waals surface area contributed by atoms with Crippen LogP contribution in [0.15, 0.2) is 48.5 Å². The topological polar surface area (TPSA) is 64.6 Å². The second kappa shape index (κ2) is 7.65. The molecule has 1 atom stereocenters. The van der Waals surface area contributed by atoms with Crippen molar-refractivity contribution in [3.8, 4) is 5.75 Å². The van der Waals surface area contributed by atoms with E-state index >= 15 is 0 Å². The molecule has 2 aromatic carbocycles. The summed E-state index contributed by atoms with van der Waals surface area (Å²) in [6.07, 6.45) is -0.966. The van der Waals surface area contributed by atoms with Gasteiger partial charge in [-0.3, -0.25) is 4.79 Å². The number of hydrogen-bond donors (Lipinski definition) is 1. The molecule has 0 spiro atoms. The maximum atomic E-state index is 12.1. The molecule has 0 aliphatic carbocycles. The Labute approximate surface area is 139 Å². The maximum Gasteiger partial charge on any atom is 0.338 e. The Bertz CT molecular complexity index is 717. The van der Waals surface area contributed by atoms with Gasteiger partial charge in [-0.1, -0.05) is 29.8 Å². The number of nitrogens with one attached hydrogen (secondary N) is 1. The lowest BCUT2D eigenvalue weighted by atomic mass is 10.2. The molecule has 0 aromatic heterocycles. The Balaban J connectivity index is 2.01. The molecule has 1 N–H and O–H groups in total. The van der Waals surface area contributed by atoms with Crippen LogP contribution in [-0.4, -0.2) is 25.1 Å². The molecule has 0 unspecified atom stereocenters. The Kier molecular flexibility index (Phi) is 5.60. The van der Waals surface area contributed by atoms with Crippen LogP contribution in [0.4, 0.5) is 5.69 Å². The number of esters is 1. The number of hydrogen-bond acceptors (Lipinski definition) is 4. The van der Waals surface area contributed by atoms with Crippen LogP contribution < -0.4 is 10.1 Å². The van der Waals surface area contributed by atoms with E-state index < -0.39 is 18.0 Å². The van der Waals surface area contributed by atoms with Crippen molar-refractivity contribution in [2.24, 2.45) is 0 Å². The molecular formula is C17H16ClNO4. The van der Waals surface area contributed by atoms with Gasteiger partial charge in [0.2, 0.25) is 0 Å². The summed E-state index contributed by atoms with van der Waals surface area (Å²) in [4.78, 5) is 24.1. The molecule has 1 amide bonds. The van der Waals surface area contributed by atoms with Crippen molar-refractivity contribution in [2.45, 2.75) is 13.0 Å². The van der Waals surface area contributed by atoms with Crippen LogP contribution in [0.1, 0.15) is 17.3 Å². The molecule has 2 aromatic rings. The van der Waals surface area contributed by atoms with Gasteiger partial charge in [0.25, 0.3) is 5.91 Å². The molecule has 6 heteroatoms. The Morgan fingerprint density at radius 3 is 2.57 bits per heavy atom. The minimum atomic E-state index is -0.966. The summed E-state index contributed by atoms with van der Waals surface area (Å²) in [5.41, 5.74) is 0.792. The van der Waals surface area contributed by atoms with Crippen LogP contribution in [0.2, 0.25) is 5.02 Å². The number of carbonyl (C=O) groups excluding carboxylic acids is 2. The van der Waals surface area contributed by atoms with Gasteiger partial charge >= 0.3 is 5.97 Å². The number of benzene rings is 2. The van der Waals surface area contributed by atoms with E-state index in [0.717, 1.165) is 0 Å². The minimum absolute atomic E-state index is 0.287. The van der Waals surface area contributed by atoms with Crippen molar-refractivity contribution in [3.63, 3.8) is 0 Å². The average molecular weight is 334 g/mol. The summed E-state index contributed by atoms with van der Waals surface area (Å²) in [6.45, 7) is 1.49. The summed E-state index contributed by atoms with van der Waals surface area (Å²) in [7, 11) is 1.51. The van der Waals surface area contributed by atoms with Crippen molar-refractivity contribution in [2.75, 3.05) is 12.4 Å². The smallest absolute Gasteiger partial charge is 0.338 e. The average Bonchev–Trinajstić information content (AvgIpc) is 2.55. The lowest BCUT2D eigenvalue weighted by Gasteiger charge is -2.15. The molecule has 0 bridgehead atoms. The second-order valence-corrected chi connectivity index (χ2v) is 5.18. The maximum absolute atomic E-state index is 12.1. The third-order valence-corrected chi connectivity index (χ3v) is 3.31. The van der Waals surface area contributed by atoms with Gasteiger partial charge in [-0.15, -0.1) is 0 Å². The van der Waals surface area contributed by atoms with Crippen molar-refractivity contribution in [3.05, 3.63) is 59.1 Å². The first-order chi connectivity index (χ1) is 11.0. The fraction of sp³-hybridized carbons (Fsp3) is 0.176. The number of para-hydroxylation sites is 2. The van der Waals surface area contributed by atoms with Crippen LogP contribution in [0, 0.1) is 0 Å².